The molecule has 149 heavy (non-hydrogen) atoms. The molecule has 1 aliphatic rings. The number of carbonyl (C=O) groups is 20. The smallest absolute Gasteiger partial charge is 0.303 e. The molecule has 1 aliphatic heterocycles. The lowest BCUT2D eigenvalue weighted by molar-refractivity contribution is -0.143. The number of hydrogen-bond donors (Lipinski definition) is 23. The summed E-state index contributed by atoms with van der Waals surface area (Å²) in [7, 11) is 0. The van der Waals surface area contributed by atoms with E-state index in [0.29, 0.717) is 66.1 Å². The van der Waals surface area contributed by atoms with E-state index in [0.717, 1.165) is 0 Å². The van der Waals surface area contributed by atoms with Gasteiger partial charge in [-0.15, -0.1) is 0 Å². The maximum Gasteiger partial charge on any atom is 0.303 e. The molecule has 824 valence electrons. The number of hydrazine groups is 2. The Hall–Kier alpha value is -12.3. The maximum absolute atomic E-state index is 15.6. The van der Waals surface area contributed by atoms with Crippen LogP contribution in [0.2, 0.25) is 0 Å². The number of para-hydroxylation sites is 1. The standard InChI is InChI=1S/C106H162N20O23/c1-61(2)51-81(117-70(12)128)98(144)120-94(69(11)127)101(147)118-82(54-71-31-25-24-26-32-71)99(145)122-106(16)47-30-23-21-19-17-18-20-22-29-46-105(15,91(137)60-113-65(7)86(132)45-49-110-63(5)84(130)43-48-109-64(6)85(131)44-50-111-67(9)89(135)59-115-104(13,14)102(148)116-68(10)97(108)143)121-100(146)83(52-62(3)4)126-123-77(39-41-92(107)138)90(136)58-112-66(8)87(133)56-88(134)79(55-73-57-114-76-34-28-27-33-75(73)76)124-125-80(53-72-35-37-74(129)38-36-72)96(142)95(141)78(119-103(106)149)40-42-93(139)140/h18,20,24-28,31-38,57,61-69,77-83,94,109-115,123-127,129H,17,19,21-23,29-30,39-56,58-60H2,1-16H3,(H2,107,138)(H2,108,143)(H,116,148)(H,117,128)(H,118,147)(H,119,149)(H,120,144)(H,121,146)(H,122,145)(H,139,140)/b20-18+/t63-,64-,65-,66-,67-,68+,69+,77-,78-,79-,80-,81-,82-,83-,94-,105-,106+/m0/s1. The molecule has 5 rings (SSSR count). The summed E-state index contributed by atoms with van der Waals surface area (Å²) in [5, 5.41) is 69.0. The van der Waals surface area contributed by atoms with E-state index in [4.69, 9.17) is 11.5 Å². The van der Waals surface area contributed by atoms with Crippen LogP contribution in [0.25, 0.3) is 10.9 Å². The summed E-state index contributed by atoms with van der Waals surface area (Å²) in [4.78, 5) is 282. The summed E-state index contributed by atoms with van der Waals surface area (Å²) >= 11 is 0. The molecule has 1 aromatic heterocycles. The highest BCUT2D eigenvalue weighted by molar-refractivity contribution is 6.41. The minimum atomic E-state index is -2.09. The second kappa shape index (κ2) is 63.6. The van der Waals surface area contributed by atoms with Crippen molar-refractivity contribution in [3.05, 3.63) is 114 Å². The number of carboxylic acids is 1. The zero-order valence-electron chi connectivity index (χ0n) is 89.0. The molecule has 0 unspecified atom stereocenters. The molecular weight excluding hydrogens is 1920 g/mol. The first-order valence-corrected chi connectivity index (χ1v) is 51.5. The van der Waals surface area contributed by atoms with Crippen LogP contribution in [0, 0.1) is 11.8 Å². The van der Waals surface area contributed by atoms with Gasteiger partial charge in [-0.1, -0.05) is 120 Å². The second-order valence-corrected chi connectivity index (χ2v) is 40.8. The molecule has 9 amide bonds. The number of aromatic amines is 1. The molecule has 43 nitrogen and oxygen atoms in total. The summed E-state index contributed by atoms with van der Waals surface area (Å²) in [5.74, 6) is -15.3. The fourth-order valence-electron chi connectivity index (χ4n) is 16.5. The third-order valence-electron chi connectivity index (χ3n) is 26.4. The average Bonchev–Trinajstić information content (AvgIpc) is 1.78. The van der Waals surface area contributed by atoms with Crippen LogP contribution in [-0.4, -0.2) is 284 Å². The van der Waals surface area contributed by atoms with E-state index in [9.17, 15) is 87.2 Å². The number of aliphatic carboxylic acids is 1. The molecule has 17 atom stereocenters. The van der Waals surface area contributed by atoms with Crippen LogP contribution >= 0.6 is 0 Å². The number of nitrogens with one attached hydrogen (secondary N) is 18. The van der Waals surface area contributed by atoms with Gasteiger partial charge in [0.15, 0.2) is 46.3 Å². The quantitative estimate of drug-likeness (QED) is 0.0169. The normalized spacial score (nSPS) is 21.6. The number of H-pyrrole nitrogens is 1. The first kappa shape index (κ1) is 127. The first-order valence-electron chi connectivity index (χ1n) is 51.5. The summed E-state index contributed by atoms with van der Waals surface area (Å²) < 4.78 is 0. The highest BCUT2D eigenvalue weighted by Gasteiger charge is 2.44. The number of rotatable bonds is 50. The number of nitrogens with two attached hydrogens (primary N) is 2. The molecule has 4 aromatic rings. The molecular formula is C106H162N20O23. The van der Waals surface area contributed by atoms with Gasteiger partial charge < -0.3 is 95.6 Å². The lowest BCUT2D eigenvalue weighted by atomic mass is 9.88. The molecule has 0 bridgehead atoms. The Morgan fingerprint density at radius 2 is 1.09 bits per heavy atom. The van der Waals surface area contributed by atoms with Gasteiger partial charge in [0.05, 0.1) is 97.6 Å². The van der Waals surface area contributed by atoms with Gasteiger partial charge in [0, 0.05) is 82.2 Å². The number of aromatic hydroxyl groups is 1. The highest BCUT2D eigenvalue weighted by Crippen LogP contribution is 2.25. The van der Waals surface area contributed by atoms with Crippen molar-refractivity contribution < 1.29 is 111 Å². The van der Waals surface area contributed by atoms with Crippen molar-refractivity contribution in [2.75, 3.05) is 39.3 Å². The predicted octanol–water partition coefficient (Wildman–Crippen LogP) is 1.46. The van der Waals surface area contributed by atoms with E-state index in [1.165, 1.54) is 58.9 Å². The summed E-state index contributed by atoms with van der Waals surface area (Å²) in [6.07, 6.45) is 3.24. The van der Waals surface area contributed by atoms with Crippen LogP contribution in [-0.2, 0) is 115 Å². The number of aliphatic hydroxyl groups excluding tert-OH is 1. The Balaban J connectivity index is 1.46. The number of aromatic nitrogens is 1. The molecule has 43 heteroatoms. The number of benzene rings is 3. The molecule has 0 saturated carbocycles. The number of primary amides is 2. The number of carbonyl (C=O) groups excluding carboxylic acids is 19. The Bertz CT molecular complexity index is 5220. The number of aliphatic hydroxyl groups is 1. The minimum absolute atomic E-state index is 0.0351. The number of carboxylic acid groups (broad SMARTS) is 1. The van der Waals surface area contributed by atoms with Crippen molar-refractivity contribution in [2.24, 2.45) is 23.3 Å². The number of phenols is 1. The summed E-state index contributed by atoms with van der Waals surface area (Å²) in [5.41, 5.74) is 19.7. The topological polar surface area (TPSA) is 674 Å². The van der Waals surface area contributed by atoms with Crippen molar-refractivity contribution in [3.63, 3.8) is 0 Å². The largest absolute Gasteiger partial charge is 0.508 e. The molecule has 0 radical (unpaired) electrons. The molecule has 0 fully saturated rings. The first-order chi connectivity index (χ1) is 70.1. The van der Waals surface area contributed by atoms with Gasteiger partial charge in [-0.25, -0.2) is 21.7 Å². The Kier molecular flexibility index (Phi) is 54.3. The van der Waals surface area contributed by atoms with Crippen molar-refractivity contribution in [3.8, 4) is 5.75 Å². The van der Waals surface area contributed by atoms with Crippen LogP contribution in [0.4, 0.5) is 0 Å². The number of hydrogen-bond acceptors (Lipinski definition) is 32. The zero-order valence-corrected chi connectivity index (χ0v) is 89.0. The van der Waals surface area contributed by atoms with Crippen molar-refractivity contribution in [2.45, 2.75) is 359 Å². The minimum Gasteiger partial charge on any atom is -0.508 e. The van der Waals surface area contributed by atoms with Crippen LogP contribution in [0.1, 0.15) is 249 Å². The van der Waals surface area contributed by atoms with E-state index >= 15 is 24.0 Å². The van der Waals surface area contributed by atoms with Gasteiger partial charge in [-0.05, 0) is 200 Å². The fourth-order valence-corrected chi connectivity index (χ4v) is 16.5. The van der Waals surface area contributed by atoms with E-state index in [2.05, 4.69) is 95.8 Å². The predicted molar refractivity (Wildman–Crippen MR) is 559 cm³/mol. The number of Topliss-reactive ketones (excluding diaryl/α,β-unsaturated/α-hetero) is 10. The Labute approximate surface area is 872 Å². The van der Waals surface area contributed by atoms with Gasteiger partial charge in [0.1, 0.15) is 41.5 Å². The molecule has 3 aromatic carbocycles. The average molecular weight is 2080 g/mol. The molecule has 2 heterocycles. The Morgan fingerprint density at radius 1 is 0.530 bits per heavy atom. The molecule has 25 N–H and O–H groups in total. The lowest BCUT2D eigenvalue weighted by Crippen LogP contribution is -2.65. The highest BCUT2D eigenvalue weighted by atomic mass is 16.4. The fraction of sp³-hybridized carbons (Fsp3) is 0.604. The Morgan fingerprint density at radius 3 is 1.67 bits per heavy atom. The molecule has 0 spiro atoms. The number of fused-ring (bicyclic) bond motifs is 1. The van der Waals surface area contributed by atoms with Crippen LogP contribution in [0.5, 0.6) is 5.75 Å². The van der Waals surface area contributed by atoms with Gasteiger partial charge in [0.2, 0.25) is 64.7 Å². The van der Waals surface area contributed by atoms with Gasteiger partial charge in [0.25, 0.3) is 0 Å². The monoisotopic (exact) mass is 2080 g/mol. The van der Waals surface area contributed by atoms with Crippen LogP contribution in [0.3, 0.4) is 0 Å². The maximum atomic E-state index is 15.6. The zero-order chi connectivity index (χ0) is 111. The number of phenolic OH excluding ortho intramolecular Hbond substituents is 1. The molecule has 0 aliphatic carbocycles. The van der Waals surface area contributed by atoms with E-state index in [1.54, 1.807) is 123 Å². The number of ketones is 10. The van der Waals surface area contributed by atoms with Gasteiger partial charge in [-0.3, -0.25) is 101 Å². The third kappa shape index (κ3) is 45.2. The number of amides is 9. The van der Waals surface area contributed by atoms with Crippen molar-refractivity contribution >= 4 is 128 Å². The third-order valence-corrected chi connectivity index (χ3v) is 26.4. The SMILES string of the molecule is CC(=O)N[C@@H](CC(C)C)C(=O)N[C@H](C(=O)N[C@@H](Cc1ccccc1)C(=O)N[C@]1(C)CCCCCC/C=C/CCC[C@@](C)(C(=O)CN[C@@H](C)C(=O)CCN[C@@H](C)C(=O)CCN[C@@H](C)C(=O)CCN[C@@H](C)C(=O)CNC(C)(C)C(=O)N[C@H](C)C(N)=O)NC(=O)[C@H](CC(C)C)NN[C@@H](CCC(N)=O)C(=O)CN[C@@H](C)C(=O)CC(=O)[C@H](Cc2c[nH]c3ccccc23)NN[C@@H](Cc2ccc(O)cc2)C(=O)C(=O)[C@H](CCC(=O)O)NC1=O)[C@@H](C)O. The summed E-state index contributed by atoms with van der Waals surface area (Å²) in [6, 6.07) is 3.96. The lowest BCUT2D eigenvalue weighted by Gasteiger charge is -2.34. The second-order valence-electron chi connectivity index (χ2n) is 40.8. The van der Waals surface area contributed by atoms with E-state index in [-0.39, 0.29) is 150 Å². The van der Waals surface area contributed by atoms with Crippen molar-refractivity contribution in [1.82, 2.24) is 95.8 Å². The number of allylic oxidation sites excluding steroid dienone is 2. The van der Waals surface area contributed by atoms with Crippen LogP contribution < -0.4 is 102 Å². The van der Waals surface area contributed by atoms with E-state index in [1.807, 2.05) is 26.0 Å². The van der Waals surface area contributed by atoms with Crippen LogP contribution in [0.15, 0.2) is 97.2 Å². The van der Waals surface area contributed by atoms with Gasteiger partial charge >= 0.3 is 5.97 Å². The van der Waals surface area contributed by atoms with Gasteiger partial charge in [-0.2, -0.15) is 0 Å². The molecule has 0 saturated heterocycles. The van der Waals surface area contributed by atoms with E-state index < -0.39 is 233 Å². The van der Waals surface area contributed by atoms with Crippen molar-refractivity contribution in [1.29, 1.82) is 0 Å². The summed E-state index contributed by atoms with van der Waals surface area (Å²) in [6.45, 7) is 24.3.